The number of hydrogen-bond donors (Lipinski definition) is 0. The maximum Gasteiger partial charge on any atom is 0.0786 e. The number of hydrogen-bond acceptors (Lipinski definition) is 0. The molecule has 1 heteroatoms. The third kappa shape index (κ3) is 22.4. The summed E-state index contributed by atoms with van der Waals surface area (Å²) in [6.45, 7) is 14.8. The topological polar surface area (TPSA) is 0 Å². The van der Waals surface area contributed by atoms with Crippen molar-refractivity contribution in [2.24, 2.45) is 0 Å². The monoisotopic (exact) mass is 481 g/mol. The molecule has 34 heavy (non-hydrogen) atoms. The first-order valence-corrected chi connectivity index (χ1v) is 16.6. The highest BCUT2D eigenvalue weighted by atomic mass is 15.3. The number of nitrogens with zero attached hydrogens (tertiary/aromatic N) is 1. The van der Waals surface area contributed by atoms with Gasteiger partial charge in [0.05, 0.1) is 26.2 Å². The molecule has 0 aliphatic rings. The van der Waals surface area contributed by atoms with Gasteiger partial charge in [-0.25, -0.2) is 0 Å². The first-order valence-electron chi connectivity index (χ1n) is 16.6. The van der Waals surface area contributed by atoms with Crippen molar-refractivity contribution < 1.29 is 4.48 Å². The van der Waals surface area contributed by atoms with Crippen LogP contribution in [0.4, 0.5) is 0 Å². The van der Waals surface area contributed by atoms with Gasteiger partial charge in [-0.05, 0) is 33.6 Å². The van der Waals surface area contributed by atoms with Gasteiger partial charge in [0.2, 0.25) is 0 Å². The van der Waals surface area contributed by atoms with Gasteiger partial charge >= 0.3 is 0 Å². The molecule has 0 radical (unpaired) electrons. The zero-order chi connectivity index (χ0) is 25.0. The average molecular weight is 481 g/mol. The van der Waals surface area contributed by atoms with Gasteiger partial charge in [-0.1, -0.05) is 155 Å². The largest absolute Gasteiger partial charge is 0.324 e. The molecule has 0 bridgehead atoms. The van der Waals surface area contributed by atoms with Gasteiger partial charge in [-0.15, -0.1) is 0 Å². The van der Waals surface area contributed by atoms with Crippen molar-refractivity contribution in [2.75, 3.05) is 26.2 Å². The molecule has 0 saturated carbocycles. The predicted molar refractivity (Wildman–Crippen MR) is 158 cm³/mol. The highest BCUT2D eigenvalue weighted by molar-refractivity contribution is 4.52. The van der Waals surface area contributed by atoms with Gasteiger partial charge in [0.15, 0.2) is 0 Å². The Morgan fingerprint density at radius 3 is 0.676 bits per heavy atom. The molecule has 0 aliphatic carbocycles. The third-order valence-corrected chi connectivity index (χ3v) is 8.75. The van der Waals surface area contributed by atoms with E-state index in [0.717, 1.165) is 0 Å². The van der Waals surface area contributed by atoms with Crippen LogP contribution in [0.3, 0.4) is 0 Å². The van der Waals surface area contributed by atoms with Gasteiger partial charge in [0.1, 0.15) is 0 Å². The van der Waals surface area contributed by atoms with Gasteiger partial charge < -0.3 is 4.48 Å². The maximum atomic E-state index is 2.37. The molecule has 1 nitrogen and oxygen atoms in total. The van der Waals surface area contributed by atoms with Crippen LogP contribution in [0.2, 0.25) is 0 Å². The Hall–Kier alpha value is -0.0400. The smallest absolute Gasteiger partial charge is 0.0786 e. The molecule has 0 saturated heterocycles. The van der Waals surface area contributed by atoms with Crippen LogP contribution in [0.25, 0.3) is 0 Å². The molecule has 0 fully saturated rings. The van der Waals surface area contributed by atoms with E-state index >= 15 is 0 Å². The highest BCUT2D eigenvalue weighted by Gasteiger charge is 2.19. The fourth-order valence-electron chi connectivity index (χ4n) is 5.73. The van der Waals surface area contributed by atoms with Crippen LogP contribution in [0.1, 0.15) is 188 Å². The lowest BCUT2D eigenvalue weighted by atomic mass is 10.0. The quantitative estimate of drug-likeness (QED) is 0.0737. The molecule has 206 valence electrons. The Morgan fingerprint density at radius 1 is 0.265 bits per heavy atom. The van der Waals surface area contributed by atoms with E-state index in [2.05, 4.69) is 27.7 Å². The molecular formula is C33H70N+. The molecule has 0 rings (SSSR count). The average Bonchev–Trinajstić information content (AvgIpc) is 2.86. The van der Waals surface area contributed by atoms with Crippen LogP contribution in [-0.2, 0) is 0 Å². The van der Waals surface area contributed by atoms with Crippen molar-refractivity contribution in [1.29, 1.82) is 0 Å². The van der Waals surface area contributed by atoms with Gasteiger partial charge in [0.25, 0.3) is 0 Å². The minimum Gasteiger partial charge on any atom is -0.324 e. The molecule has 0 unspecified atom stereocenters. The first-order chi connectivity index (χ1) is 16.7. The van der Waals surface area contributed by atoms with Crippen molar-refractivity contribution in [1.82, 2.24) is 0 Å². The van der Waals surface area contributed by atoms with Gasteiger partial charge in [0, 0.05) is 0 Å². The second kappa shape index (κ2) is 27.5. The predicted octanol–water partition coefficient (Wildman–Crippen LogP) is 11.6. The lowest BCUT2D eigenvalue weighted by molar-refractivity contribution is -0.923. The van der Waals surface area contributed by atoms with Gasteiger partial charge in [-0.3, -0.25) is 0 Å². The third-order valence-electron chi connectivity index (χ3n) is 8.75. The normalized spacial score (nSPS) is 12.0. The highest BCUT2D eigenvalue weighted by Crippen LogP contribution is 2.16. The molecule has 0 aromatic heterocycles. The Balaban J connectivity index is 3.14. The van der Waals surface area contributed by atoms with E-state index in [9.17, 15) is 0 Å². The lowest BCUT2D eigenvalue weighted by Gasteiger charge is -2.35. The summed E-state index contributed by atoms with van der Waals surface area (Å²) in [7, 11) is 0. The molecule has 0 aromatic rings. The molecule has 0 aliphatic heterocycles. The summed E-state index contributed by atoms with van der Waals surface area (Å²) in [5.74, 6) is 0. The molecule has 0 N–H and O–H groups in total. The van der Waals surface area contributed by atoms with E-state index < -0.39 is 0 Å². The SMILES string of the molecule is CCCCCCCCCCCCCCCCCCCCCCCCCCC[N+](CC)(CC)CC. The number of quaternary nitrogens is 1. The van der Waals surface area contributed by atoms with Crippen LogP contribution >= 0.6 is 0 Å². The summed E-state index contributed by atoms with van der Waals surface area (Å²) >= 11 is 0. The summed E-state index contributed by atoms with van der Waals surface area (Å²) in [6.07, 6.45) is 36.9. The van der Waals surface area contributed by atoms with E-state index in [1.165, 1.54) is 191 Å². The van der Waals surface area contributed by atoms with E-state index in [-0.39, 0.29) is 0 Å². The Bertz CT molecular complexity index is 351. The fourth-order valence-corrected chi connectivity index (χ4v) is 5.73. The Labute approximate surface area is 218 Å². The van der Waals surface area contributed by atoms with Crippen LogP contribution in [0.15, 0.2) is 0 Å². The van der Waals surface area contributed by atoms with Crippen molar-refractivity contribution in [3.05, 3.63) is 0 Å². The van der Waals surface area contributed by atoms with Crippen molar-refractivity contribution in [3.63, 3.8) is 0 Å². The van der Waals surface area contributed by atoms with Crippen LogP contribution in [0.5, 0.6) is 0 Å². The minimum atomic E-state index is 1.31. The molecule has 0 amide bonds. The molecule has 0 heterocycles. The molecular weight excluding hydrogens is 410 g/mol. The van der Waals surface area contributed by atoms with E-state index in [1.807, 2.05) is 0 Å². The molecule has 0 atom stereocenters. The van der Waals surface area contributed by atoms with E-state index in [0.29, 0.717) is 0 Å². The summed E-state index contributed by atoms with van der Waals surface area (Å²) in [5, 5.41) is 0. The van der Waals surface area contributed by atoms with E-state index in [4.69, 9.17) is 0 Å². The van der Waals surface area contributed by atoms with Crippen molar-refractivity contribution in [3.8, 4) is 0 Å². The second-order valence-electron chi connectivity index (χ2n) is 11.5. The second-order valence-corrected chi connectivity index (χ2v) is 11.5. The van der Waals surface area contributed by atoms with Crippen molar-refractivity contribution in [2.45, 2.75) is 188 Å². The zero-order valence-electron chi connectivity index (χ0n) is 25.0. The minimum absolute atomic E-state index is 1.31. The summed E-state index contributed by atoms with van der Waals surface area (Å²) in [6, 6.07) is 0. The van der Waals surface area contributed by atoms with Crippen LogP contribution in [0, 0.1) is 0 Å². The summed E-state index contributed by atoms with van der Waals surface area (Å²) in [5.41, 5.74) is 0. The first kappa shape index (κ1) is 34.0. The Morgan fingerprint density at radius 2 is 0.471 bits per heavy atom. The van der Waals surface area contributed by atoms with Crippen LogP contribution < -0.4 is 0 Å². The fraction of sp³-hybridized carbons (Fsp3) is 1.00. The molecule has 0 spiro atoms. The standard InChI is InChI=1S/C33H70N/c1-5-9-10-11-12-13-14-15-16-17-18-19-20-21-22-23-24-25-26-27-28-29-30-31-32-33-34(6-2,7-3)8-4/h5-33H2,1-4H3/q+1. The summed E-state index contributed by atoms with van der Waals surface area (Å²) < 4.78 is 1.33. The van der Waals surface area contributed by atoms with Crippen LogP contribution in [-0.4, -0.2) is 30.7 Å². The van der Waals surface area contributed by atoms with Crippen molar-refractivity contribution >= 4 is 0 Å². The summed E-state index contributed by atoms with van der Waals surface area (Å²) in [4.78, 5) is 0. The van der Waals surface area contributed by atoms with Gasteiger partial charge in [-0.2, -0.15) is 0 Å². The Kier molecular flexibility index (Phi) is 27.5. The van der Waals surface area contributed by atoms with E-state index in [1.54, 1.807) is 0 Å². The number of rotatable bonds is 29. The maximum absolute atomic E-state index is 2.37. The number of unbranched alkanes of at least 4 members (excludes halogenated alkanes) is 24. The molecule has 0 aromatic carbocycles. The lowest BCUT2D eigenvalue weighted by Crippen LogP contribution is -2.48. The zero-order valence-corrected chi connectivity index (χ0v) is 25.0.